The quantitative estimate of drug-likeness (QED) is 0.579. The number of imidazole rings is 1. The van der Waals surface area contributed by atoms with Crippen molar-refractivity contribution in [1.29, 1.82) is 0 Å². The summed E-state index contributed by atoms with van der Waals surface area (Å²) in [6.45, 7) is 4.23. The largest absolute Gasteiger partial charge is 0.348 e. The number of carbonyl (C=O) groups is 1. The van der Waals surface area contributed by atoms with Crippen LogP contribution in [-0.4, -0.2) is 42.4 Å². The Morgan fingerprint density at radius 1 is 1.36 bits per heavy atom. The molecule has 0 aromatic carbocycles. The lowest BCUT2D eigenvalue weighted by Gasteiger charge is -2.35. The van der Waals surface area contributed by atoms with Crippen molar-refractivity contribution >= 4 is 17.0 Å². The maximum Gasteiger partial charge on any atom is 0.258 e. The van der Waals surface area contributed by atoms with E-state index in [4.69, 9.17) is 4.52 Å². The number of H-pyrrole nitrogens is 1. The number of nitrogens with one attached hydrogen (secondary N) is 1. The van der Waals surface area contributed by atoms with Gasteiger partial charge in [0, 0.05) is 36.7 Å². The van der Waals surface area contributed by atoms with E-state index in [0.717, 1.165) is 17.0 Å². The van der Waals surface area contributed by atoms with Crippen LogP contribution in [0, 0.1) is 13.8 Å². The lowest BCUT2D eigenvalue weighted by atomic mass is 9.95. The third-order valence-corrected chi connectivity index (χ3v) is 5.16. The first-order valence-corrected chi connectivity index (χ1v) is 9.10. The van der Waals surface area contributed by atoms with E-state index in [-0.39, 0.29) is 11.9 Å². The molecule has 28 heavy (non-hydrogen) atoms. The van der Waals surface area contributed by atoms with Crippen LogP contribution in [0.5, 0.6) is 0 Å². The Balaban J connectivity index is 1.66. The number of amides is 1. The fraction of sp³-hybridized carbons (Fsp3) is 0.250. The van der Waals surface area contributed by atoms with Gasteiger partial charge in [0.1, 0.15) is 6.04 Å². The molecule has 5 heterocycles. The van der Waals surface area contributed by atoms with Crippen LogP contribution in [0.4, 0.5) is 0 Å². The molecule has 140 valence electrons. The SMILES string of the molecule is Cc1cc(C(=O)N2CCc3[nH]cnc3[C@H]2c2cccnc2)c2c(C)noc2n1. The summed E-state index contributed by atoms with van der Waals surface area (Å²) < 4.78 is 5.30. The Labute approximate surface area is 160 Å². The van der Waals surface area contributed by atoms with Gasteiger partial charge < -0.3 is 14.4 Å². The zero-order chi connectivity index (χ0) is 19.3. The molecule has 8 heteroatoms. The van der Waals surface area contributed by atoms with Crippen LogP contribution >= 0.6 is 0 Å². The molecule has 0 spiro atoms. The Morgan fingerprint density at radius 3 is 3.07 bits per heavy atom. The van der Waals surface area contributed by atoms with Crippen molar-refractivity contribution < 1.29 is 9.32 Å². The summed E-state index contributed by atoms with van der Waals surface area (Å²) in [7, 11) is 0. The fourth-order valence-corrected chi connectivity index (χ4v) is 3.91. The number of fused-ring (bicyclic) bond motifs is 2. The molecule has 8 nitrogen and oxygen atoms in total. The molecule has 5 rings (SSSR count). The van der Waals surface area contributed by atoms with E-state index in [2.05, 4.69) is 25.1 Å². The van der Waals surface area contributed by atoms with Gasteiger partial charge in [-0.3, -0.25) is 9.78 Å². The van der Waals surface area contributed by atoms with Gasteiger partial charge in [0.05, 0.1) is 28.7 Å². The van der Waals surface area contributed by atoms with Crippen molar-refractivity contribution in [3.05, 3.63) is 70.8 Å². The van der Waals surface area contributed by atoms with Crippen LogP contribution in [0.1, 0.15) is 44.7 Å². The van der Waals surface area contributed by atoms with E-state index in [9.17, 15) is 4.79 Å². The molecular formula is C20H18N6O2. The van der Waals surface area contributed by atoms with Crippen molar-refractivity contribution in [2.45, 2.75) is 26.3 Å². The Hall–Kier alpha value is -3.55. The first-order chi connectivity index (χ1) is 13.6. The molecule has 4 aromatic heterocycles. The fourth-order valence-electron chi connectivity index (χ4n) is 3.91. The molecule has 0 aliphatic carbocycles. The van der Waals surface area contributed by atoms with E-state index in [0.29, 0.717) is 41.0 Å². The standard InChI is InChI=1S/C20H18N6O2/c1-11-8-14(16-12(2)25-28-19(16)24-11)20(27)26-7-5-15-17(23-10-22-15)18(26)13-4-3-6-21-9-13/h3-4,6,8-10,18H,5,7H2,1-2H3,(H,22,23)/t18-/m1/s1. The number of aryl methyl sites for hydroxylation is 2. The Kier molecular flexibility index (Phi) is 3.71. The van der Waals surface area contributed by atoms with E-state index < -0.39 is 0 Å². The highest BCUT2D eigenvalue weighted by molar-refractivity contribution is 6.06. The average Bonchev–Trinajstić information content (AvgIpc) is 3.33. The summed E-state index contributed by atoms with van der Waals surface area (Å²) in [5, 5.41) is 4.65. The molecule has 0 saturated heterocycles. The highest BCUT2D eigenvalue weighted by atomic mass is 16.5. The number of nitrogens with zero attached hydrogens (tertiary/aromatic N) is 5. The minimum atomic E-state index is -0.306. The Bertz CT molecular complexity index is 1180. The normalized spacial score (nSPS) is 16.4. The predicted molar refractivity (Wildman–Crippen MR) is 101 cm³/mol. The first kappa shape index (κ1) is 16.6. The van der Waals surface area contributed by atoms with Gasteiger partial charge in [-0.1, -0.05) is 11.2 Å². The van der Waals surface area contributed by atoms with Crippen molar-refractivity contribution in [2.75, 3.05) is 6.54 Å². The van der Waals surface area contributed by atoms with Crippen LogP contribution < -0.4 is 0 Å². The molecule has 4 aromatic rings. The summed E-state index contributed by atoms with van der Waals surface area (Å²) >= 11 is 0. The minimum absolute atomic E-state index is 0.0932. The van der Waals surface area contributed by atoms with Crippen LogP contribution in [0.25, 0.3) is 11.1 Å². The summed E-state index contributed by atoms with van der Waals surface area (Å²) in [5.41, 5.74) is 5.13. The maximum atomic E-state index is 13.7. The lowest BCUT2D eigenvalue weighted by Crippen LogP contribution is -2.41. The zero-order valence-corrected chi connectivity index (χ0v) is 15.5. The third kappa shape index (κ3) is 2.49. The van der Waals surface area contributed by atoms with Crippen molar-refractivity contribution in [3.8, 4) is 0 Å². The van der Waals surface area contributed by atoms with E-state index in [1.807, 2.05) is 30.9 Å². The summed E-state index contributed by atoms with van der Waals surface area (Å²) in [6, 6.07) is 5.34. The molecule has 1 N–H and O–H groups in total. The number of carbonyl (C=O) groups excluding carboxylic acids is 1. The molecule has 0 saturated carbocycles. The second-order valence-corrected chi connectivity index (χ2v) is 6.96. The summed E-state index contributed by atoms with van der Waals surface area (Å²) in [6.07, 6.45) is 5.90. The first-order valence-electron chi connectivity index (χ1n) is 9.10. The third-order valence-electron chi connectivity index (χ3n) is 5.16. The van der Waals surface area contributed by atoms with Crippen LogP contribution in [0.2, 0.25) is 0 Å². The molecule has 1 atom stereocenters. The van der Waals surface area contributed by atoms with Gasteiger partial charge in [-0.15, -0.1) is 0 Å². The molecule has 0 unspecified atom stereocenters. The van der Waals surface area contributed by atoms with Crippen molar-refractivity contribution in [2.24, 2.45) is 0 Å². The number of aromatic amines is 1. The monoisotopic (exact) mass is 374 g/mol. The molecule has 0 bridgehead atoms. The smallest absolute Gasteiger partial charge is 0.258 e. The number of hydrogen-bond acceptors (Lipinski definition) is 6. The number of pyridine rings is 2. The second-order valence-electron chi connectivity index (χ2n) is 6.96. The molecule has 0 radical (unpaired) electrons. The molecule has 1 aliphatic heterocycles. The van der Waals surface area contributed by atoms with Gasteiger partial charge in [-0.2, -0.15) is 0 Å². The van der Waals surface area contributed by atoms with E-state index in [1.165, 1.54) is 0 Å². The number of hydrogen-bond donors (Lipinski definition) is 1. The van der Waals surface area contributed by atoms with Crippen LogP contribution in [0.15, 0.2) is 41.4 Å². The van der Waals surface area contributed by atoms with E-state index >= 15 is 0 Å². The van der Waals surface area contributed by atoms with Crippen LogP contribution in [-0.2, 0) is 6.42 Å². The summed E-state index contributed by atoms with van der Waals surface area (Å²) in [5.74, 6) is -0.0932. The van der Waals surface area contributed by atoms with Crippen molar-refractivity contribution in [3.63, 3.8) is 0 Å². The van der Waals surface area contributed by atoms with Gasteiger partial charge in [0.15, 0.2) is 0 Å². The van der Waals surface area contributed by atoms with Gasteiger partial charge in [-0.25, -0.2) is 9.97 Å². The molecular weight excluding hydrogens is 356 g/mol. The minimum Gasteiger partial charge on any atom is -0.348 e. The number of rotatable bonds is 2. The van der Waals surface area contributed by atoms with Crippen molar-refractivity contribution in [1.82, 2.24) is 30.0 Å². The average molecular weight is 374 g/mol. The second kappa shape index (κ2) is 6.26. The van der Waals surface area contributed by atoms with Crippen LogP contribution in [0.3, 0.4) is 0 Å². The van der Waals surface area contributed by atoms with Gasteiger partial charge in [0.25, 0.3) is 11.6 Å². The van der Waals surface area contributed by atoms with Gasteiger partial charge in [-0.05, 0) is 31.5 Å². The maximum absolute atomic E-state index is 13.7. The van der Waals surface area contributed by atoms with Gasteiger partial charge in [0.2, 0.25) is 0 Å². The molecule has 1 aliphatic rings. The number of aromatic nitrogens is 5. The van der Waals surface area contributed by atoms with Gasteiger partial charge >= 0.3 is 0 Å². The lowest BCUT2D eigenvalue weighted by molar-refractivity contribution is 0.0692. The van der Waals surface area contributed by atoms with E-state index in [1.54, 1.807) is 24.8 Å². The summed E-state index contributed by atoms with van der Waals surface area (Å²) in [4.78, 5) is 31.9. The highest BCUT2D eigenvalue weighted by Crippen LogP contribution is 2.35. The highest BCUT2D eigenvalue weighted by Gasteiger charge is 2.35. The zero-order valence-electron chi connectivity index (χ0n) is 15.5. The molecule has 0 fully saturated rings. The predicted octanol–water partition coefficient (Wildman–Crippen LogP) is 2.75. The topological polar surface area (TPSA) is 101 Å². The molecule has 1 amide bonds. The Morgan fingerprint density at radius 2 is 2.25 bits per heavy atom.